The number of nitriles is 1. The average Bonchev–Trinajstić information content (AvgIpc) is 2.74. The first-order chi connectivity index (χ1) is 16.3. The van der Waals surface area contributed by atoms with Gasteiger partial charge in [0.1, 0.15) is 5.75 Å². The molecule has 0 bridgehead atoms. The summed E-state index contributed by atoms with van der Waals surface area (Å²) in [5.74, 6) is -1.41. The number of alkyl halides is 3. The van der Waals surface area contributed by atoms with Gasteiger partial charge in [0.05, 0.1) is 36.7 Å². The summed E-state index contributed by atoms with van der Waals surface area (Å²) in [6, 6.07) is 5.28. The molecule has 0 radical (unpaired) electrons. The fourth-order valence-corrected chi connectivity index (χ4v) is 2.97. The van der Waals surface area contributed by atoms with E-state index in [1.807, 2.05) is 20.8 Å². The fraction of sp³-hybridized carbons (Fsp3) is 0.318. The highest BCUT2D eigenvalue weighted by Gasteiger charge is 2.38. The molecular weight excluding hydrogens is 491 g/mol. The van der Waals surface area contributed by atoms with Gasteiger partial charge in [0, 0.05) is 11.2 Å². The van der Waals surface area contributed by atoms with Crippen LogP contribution >= 0.6 is 11.6 Å². The summed E-state index contributed by atoms with van der Waals surface area (Å²) in [6.45, 7) is 5.60. The number of halogens is 4. The Bertz CT molecular complexity index is 1400. The molecule has 0 aliphatic heterocycles. The smallest absolute Gasteiger partial charge is 0.437 e. The topological polar surface area (TPSA) is 123 Å². The maximum absolute atomic E-state index is 13.5. The van der Waals surface area contributed by atoms with Crippen molar-refractivity contribution in [2.75, 3.05) is 6.61 Å². The summed E-state index contributed by atoms with van der Waals surface area (Å²) in [4.78, 5) is 35.1. The van der Waals surface area contributed by atoms with Crippen molar-refractivity contribution in [3.05, 3.63) is 73.3 Å². The molecule has 2 heterocycles. The normalized spacial score (nSPS) is 11.7. The Morgan fingerprint density at radius 3 is 2.49 bits per heavy atom. The number of aromatic nitrogens is 4. The maximum atomic E-state index is 13.5. The molecule has 0 saturated heterocycles. The number of rotatable bonds is 6. The minimum atomic E-state index is -5.02. The van der Waals surface area contributed by atoms with Gasteiger partial charge in [-0.25, -0.2) is 9.97 Å². The number of aromatic amines is 1. The molecule has 9 nitrogen and oxygen atoms in total. The number of H-pyrrole nitrogens is 1. The molecule has 1 N–H and O–H groups in total. The standard InChI is InChI=1S/C22H19ClF3N5O4/c1-21(2,3)10-34-20-28-8-13(18(32)30-20)9-31-11-29-17(22(24,25)26)16(19(31)33)35-15-5-12(7-27)4-14(23)6-15/h4-6,8,11H,9-10H2,1-3H3,(H,28,30,32). The van der Waals surface area contributed by atoms with E-state index in [0.29, 0.717) is 6.33 Å². The molecule has 2 aromatic heterocycles. The van der Waals surface area contributed by atoms with Gasteiger partial charge in [-0.1, -0.05) is 32.4 Å². The summed E-state index contributed by atoms with van der Waals surface area (Å²) in [6.07, 6.45) is -3.22. The van der Waals surface area contributed by atoms with Gasteiger partial charge in [-0.3, -0.25) is 19.1 Å². The molecule has 0 saturated carbocycles. The van der Waals surface area contributed by atoms with Crippen LogP contribution in [0.2, 0.25) is 5.02 Å². The Morgan fingerprint density at radius 1 is 1.17 bits per heavy atom. The van der Waals surface area contributed by atoms with Crippen LogP contribution in [0.4, 0.5) is 13.2 Å². The van der Waals surface area contributed by atoms with Crippen LogP contribution in [0.5, 0.6) is 17.5 Å². The molecule has 35 heavy (non-hydrogen) atoms. The number of benzene rings is 1. The van der Waals surface area contributed by atoms with Crippen molar-refractivity contribution < 1.29 is 22.6 Å². The highest BCUT2D eigenvalue weighted by Crippen LogP contribution is 2.35. The van der Waals surface area contributed by atoms with E-state index in [0.717, 1.165) is 22.9 Å². The Kier molecular flexibility index (Phi) is 7.21. The van der Waals surface area contributed by atoms with Crippen LogP contribution in [0.1, 0.15) is 37.6 Å². The lowest BCUT2D eigenvalue weighted by Crippen LogP contribution is -2.29. The lowest BCUT2D eigenvalue weighted by Gasteiger charge is -2.18. The van der Waals surface area contributed by atoms with E-state index >= 15 is 0 Å². The second kappa shape index (κ2) is 9.79. The molecule has 13 heteroatoms. The van der Waals surface area contributed by atoms with E-state index in [1.54, 1.807) is 6.07 Å². The van der Waals surface area contributed by atoms with Crippen LogP contribution in [0.25, 0.3) is 0 Å². The zero-order chi connectivity index (χ0) is 26.0. The van der Waals surface area contributed by atoms with Crippen LogP contribution in [0.3, 0.4) is 0 Å². The average molecular weight is 510 g/mol. The predicted molar refractivity (Wildman–Crippen MR) is 119 cm³/mol. The molecule has 0 atom stereocenters. The van der Waals surface area contributed by atoms with E-state index in [2.05, 4.69) is 15.0 Å². The van der Waals surface area contributed by atoms with Gasteiger partial charge in [-0.15, -0.1) is 0 Å². The van der Waals surface area contributed by atoms with Gasteiger partial charge in [0.15, 0.2) is 5.69 Å². The molecule has 3 aromatic rings. The Labute approximate surface area is 201 Å². The van der Waals surface area contributed by atoms with Crippen LogP contribution in [0, 0.1) is 16.7 Å². The summed E-state index contributed by atoms with van der Waals surface area (Å²) in [7, 11) is 0. The van der Waals surface area contributed by atoms with Gasteiger partial charge in [0.25, 0.3) is 17.1 Å². The predicted octanol–water partition coefficient (Wildman–Crippen LogP) is 4.14. The first-order valence-corrected chi connectivity index (χ1v) is 10.4. The first-order valence-electron chi connectivity index (χ1n) is 10.0. The second-order valence-corrected chi connectivity index (χ2v) is 9.07. The van der Waals surface area contributed by atoms with E-state index < -0.39 is 35.3 Å². The Morgan fingerprint density at radius 2 is 1.89 bits per heavy atom. The van der Waals surface area contributed by atoms with Crippen molar-refractivity contribution in [2.24, 2.45) is 5.41 Å². The zero-order valence-electron chi connectivity index (χ0n) is 18.7. The third kappa shape index (κ3) is 6.60. The largest absolute Gasteiger partial charge is 0.464 e. The van der Waals surface area contributed by atoms with E-state index in [4.69, 9.17) is 26.3 Å². The molecule has 0 aliphatic rings. The molecule has 0 spiro atoms. The summed E-state index contributed by atoms with van der Waals surface area (Å²) in [5, 5.41) is 9.07. The van der Waals surface area contributed by atoms with Gasteiger partial charge >= 0.3 is 6.18 Å². The van der Waals surface area contributed by atoms with Gasteiger partial charge < -0.3 is 9.47 Å². The quantitative estimate of drug-likeness (QED) is 0.529. The highest BCUT2D eigenvalue weighted by molar-refractivity contribution is 6.30. The Balaban J connectivity index is 1.98. The van der Waals surface area contributed by atoms with Crippen molar-refractivity contribution in [3.63, 3.8) is 0 Å². The number of hydrogen-bond donors (Lipinski definition) is 1. The number of nitrogens with one attached hydrogen (secondary N) is 1. The SMILES string of the molecule is CC(C)(C)COc1ncc(Cn2cnc(C(F)(F)F)c(Oc3cc(Cl)cc(C#N)c3)c2=O)c(=O)[nH]1. The molecule has 184 valence electrons. The third-order valence-electron chi connectivity index (χ3n) is 4.32. The number of hydrogen-bond acceptors (Lipinski definition) is 7. The van der Waals surface area contributed by atoms with Gasteiger partial charge in [-0.2, -0.15) is 18.4 Å². The molecule has 0 fully saturated rings. The molecule has 1 aromatic carbocycles. The van der Waals surface area contributed by atoms with Crippen molar-refractivity contribution in [1.82, 2.24) is 19.5 Å². The van der Waals surface area contributed by atoms with Crippen molar-refractivity contribution in [1.29, 1.82) is 5.26 Å². The zero-order valence-corrected chi connectivity index (χ0v) is 19.5. The molecular formula is C22H19ClF3N5O4. The minimum Gasteiger partial charge on any atom is -0.464 e. The maximum Gasteiger partial charge on any atom is 0.437 e. The fourth-order valence-electron chi connectivity index (χ4n) is 2.74. The highest BCUT2D eigenvalue weighted by atomic mass is 35.5. The number of ether oxygens (including phenoxy) is 2. The molecule has 3 rings (SSSR count). The number of nitrogens with zero attached hydrogens (tertiary/aromatic N) is 4. The van der Waals surface area contributed by atoms with E-state index in [1.165, 1.54) is 6.07 Å². The summed E-state index contributed by atoms with van der Waals surface area (Å²) in [5.41, 5.74) is -3.64. The van der Waals surface area contributed by atoms with Crippen LogP contribution in [-0.2, 0) is 12.7 Å². The lowest BCUT2D eigenvalue weighted by molar-refractivity contribution is -0.142. The van der Waals surface area contributed by atoms with Crippen molar-refractivity contribution >= 4 is 11.6 Å². The second-order valence-electron chi connectivity index (χ2n) is 8.63. The van der Waals surface area contributed by atoms with Crippen molar-refractivity contribution in [2.45, 2.75) is 33.5 Å². The van der Waals surface area contributed by atoms with Gasteiger partial charge in [-0.05, 0) is 23.6 Å². The van der Waals surface area contributed by atoms with Crippen LogP contribution < -0.4 is 20.6 Å². The first kappa shape index (κ1) is 25.8. The van der Waals surface area contributed by atoms with E-state index in [9.17, 15) is 22.8 Å². The van der Waals surface area contributed by atoms with Crippen LogP contribution in [0.15, 0.2) is 40.3 Å². The third-order valence-corrected chi connectivity index (χ3v) is 4.54. The minimum absolute atomic E-state index is 0.0108. The van der Waals surface area contributed by atoms with Gasteiger partial charge in [0.2, 0.25) is 5.75 Å². The molecule has 0 unspecified atom stereocenters. The van der Waals surface area contributed by atoms with E-state index in [-0.39, 0.29) is 39.9 Å². The monoisotopic (exact) mass is 509 g/mol. The summed E-state index contributed by atoms with van der Waals surface area (Å²) >= 11 is 5.87. The molecule has 0 aliphatic carbocycles. The summed E-state index contributed by atoms with van der Waals surface area (Å²) < 4.78 is 52.0. The Hall–Kier alpha value is -3.85. The van der Waals surface area contributed by atoms with Crippen molar-refractivity contribution in [3.8, 4) is 23.6 Å². The lowest BCUT2D eigenvalue weighted by atomic mass is 9.99. The van der Waals surface area contributed by atoms with Crippen LogP contribution in [-0.4, -0.2) is 26.1 Å². The molecule has 0 amide bonds.